The maximum atomic E-state index is 10.3. The van der Waals surface area contributed by atoms with E-state index in [2.05, 4.69) is 4.98 Å². The fraction of sp³-hybridized carbons (Fsp3) is 0.250. The van der Waals surface area contributed by atoms with Crippen LogP contribution in [0.5, 0.6) is 0 Å². The smallest absolute Gasteiger partial charge is 0.103 e. The summed E-state index contributed by atoms with van der Waals surface area (Å²) in [5, 5.41) is 9.81. The summed E-state index contributed by atoms with van der Waals surface area (Å²) in [4.78, 5) is 3.89. The molecule has 2 rings (SSSR count). The summed E-state index contributed by atoms with van der Waals surface area (Å²) < 4.78 is 53.7. The minimum Gasteiger partial charge on any atom is -0.397 e. The van der Waals surface area contributed by atoms with Crippen molar-refractivity contribution in [3.05, 3.63) is 34.9 Å². The van der Waals surface area contributed by atoms with Crippen LogP contribution in [0.2, 0.25) is 5.02 Å². The van der Waals surface area contributed by atoms with Gasteiger partial charge in [-0.15, -0.1) is 0 Å². The largest absolute Gasteiger partial charge is 0.397 e. The fourth-order valence-electron chi connectivity index (χ4n) is 1.29. The maximum Gasteiger partial charge on any atom is 0.103 e. The average molecular weight is 244 g/mol. The second-order valence-corrected chi connectivity index (χ2v) is 3.86. The van der Waals surface area contributed by atoms with Crippen molar-refractivity contribution in [2.24, 2.45) is 0 Å². The first-order valence-corrected chi connectivity index (χ1v) is 4.78. The van der Waals surface area contributed by atoms with Crippen LogP contribution in [0.4, 0.5) is 5.69 Å². The Kier molecular flexibility index (Phi) is 1.21. The highest BCUT2D eigenvalue weighted by Crippen LogP contribution is 2.28. The number of fused-ring (bicyclic) bond motifs is 1. The van der Waals surface area contributed by atoms with Crippen LogP contribution in [0.1, 0.15) is 29.1 Å². The first-order valence-electron chi connectivity index (χ1n) is 7.90. The summed E-state index contributed by atoms with van der Waals surface area (Å²) in [6.45, 7) is -1.90. The molecule has 4 heteroatoms. The fourth-order valence-corrected chi connectivity index (χ4v) is 1.43. The zero-order chi connectivity index (χ0) is 17.9. The Balaban J connectivity index is 3.02. The van der Waals surface area contributed by atoms with Crippen molar-refractivity contribution in [1.82, 2.24) is 4.98 Å². The van der Waals surface area contributed by atoms with E-state index in [0.29, 0.717) is 0 Å². The van der Waals surface area contributed by atoms with Crippen LogP contribution in [0.15, 0.2) is 24.2 Å². The maximum absolute atomic E-state index is 10.3. The second-order valence-electron chi connectivity index (χ2n) is 3.48. The monoisotopic (exact) mass is 243 g/mol. The Labute approximate surface area is 109 Å². The van der Waals surface area contributed by atoms with E-state index >= 15 is 0 Å². The van der Waals surface area contributed by atoms with E-state index in [9.17, 15) is 5.11 Å². The van der Waals surface area contributed by atoms with Crippen LogP contribution in [0.25, 0.3) is 10.9 Å². The van der Waals surface area contributed by atoms with Gasteiger partial charge in [0.15, 0.2) is 0 Å². The minimum atomic E-state index is -2.88. The molecule has 0 aliphatic carbocycles. The van der Waals surface area contributed by atoms with Gasteiger partial charge in [-0.25, -0.2) is 4.98 Å². The molecule has 0 bridgehead atoms. The van der Waals surface area contributed by atoms with Crippen molar-refractivity contribution < 1.29 is 14.7 Å². The van der Waals surface area contributed by atoms with E-state index in [1.165, 1.54) is 0 Å². The Morgan fingerprint density at radius 2 is 2.31 bits per heavy atom. The summed E-state index contributed by atoms with van der Waals surface area (Å²) >= 11 is 5.80. The van der Waals surface area contributed by atoms with Crippen molar-refractivity contribution in [1.29, 1.82) is 0 Å². The number of pyridine rings is 1. The molecule has 3 N–H and O–H groups in total. The molecule has 1 aromatic carbocycles. The van der Waals surface area contributed by atoms with Gasteiger partial charge in [0.05, 0.1) is 22.4 Å². The molecular formula is C12H13ClN2O. The number of aromatic nitrogens is 1. The van der Waals surface area contributed by atoms with E-state index in [0.717, 1.165) is 6.92 Å². The predicted octanol–water partition coefficient (Wildman–Crippen LogP) is 2.70. The molecule has 16 heavy (non-hydrogen) atoms. The summed E-state index contributed by atoms with van der Waals surface area (Å²) in [5.74, 6) is 0. The summed E-state index contributed by atoms with van der Waals surface area (Å²) in [7, 11) is 0. The van der Waals surface area contributed by atoms with Gasteiger partial charge in [-0.3, -0.25) is 0 Å². The van der Waals surface area contributed by atoms with Gasteiger partial charge in [0.25, 0.3) is 0 Å². The number of hydrogen-bond acceptors (Lipinski definition) is 3. The van der Waals surface area contributed by atoms with E-state index in [1.54, 1.807) is 0 Å². The Morgan fingerprint density at radius 3 is 3.00 bits per heavy atom. The highest BCUT2D eigenvalue weighted by atomic mass is 35.5. The molecule has 1 heterocycles. The van der Waals surface area contributed by atoms with Crippen molar-refractivity contribution in [3.63, 3.8) is 0 Å². The van der Waals surface area contributed by atoms with Crippen molar-refractivity contribution in [2.75, 3.05) is 5.73 Å². The van der Waals surface area contributed by atoms with Crippen LogP contribution in [0.3, 0.4) is 0 Å². The molecule has 0 saturated heterocycles. The molecule has 2 aromatic rings. The van der Waals surface area contributed by atoms with Crippen LogP contribution in [-0.2, 0) is 5.60 Å². The number of halogens is 1. The standard InChI is InChI=1S/C12H13ClN2O/c1-12(2,16)11-9(14)6-7-5-8(13)3-4-10(7)15-11/h3-6,16H,14H2,1-2H3/i1D3,3D,4D,5D,6D. The zero-order valence-electron chi connectivity index (χ0n) is 15.3. The quantitative estimate of drug-likeness (QED) is 0.810. The summed E-state index contributed by atoms with van der Waals surface area (Å²) in [5.41, 5.74) is 2.10. The van der Waals surface area contributed by atoms with Crippen LogP contribution < -0.4 is 5.73 Å². The van der Waals surface area contributed by atoms with Gasteiger partial charge in [0.1, 0.15) is 5.60 Å². The van der Waals surface area contributed by atoms with E-state index in [1.807, 2.05) is 0 Å². The normalized spacial score (nSPS) is 22.1. The number of rotatable bonds is 1. The molecule has 0 aliphatic rings. The van der Waals surface area contributed by atoms with Crippen LogP contribution in [0, 0.1) is 0 Å². The lowest BCUT2D eigenvalue weighted by Gasteiger charge is -2.19. The third-order valence-electron chi connectivity index (χ3n) is 1.96. The molecule has 0 spiro atoms. The molecule has 3 nitrogen and oxygen atoms in total. The Morgan fingerprint density at radius 1 is 1.56 bits per heavy atom. The first-order chi connectivity index (χ1) is 10.3. The number of benzene rings is 1. The van der Waals surface area contributed by atoms with Gasteiger partial charge in [-0.05, 0) is 37.9 Å². The molecule has 1 aromatic heterocycles. The number of aliphatic hydroxyl groups is 1. The number of nitrogens with zero attached hydrogens (tertiary/aromatic N) is 1. The average Bonchev–Trinajstić information content (AvgIpc) is 2.44. The highest BCUT2D eigenvalue weighted by molar-refractivity contribution is 6.31. The van der Waals surface area contributed by atoms with Crippen LogP contribution >= 0.6 is 11.6 Å². The lowest BCUT2D eigenvalue weighted by molar-refractivity contribution is 0.0751. The number of anilines is 1. The zero-order valence-corrected chi connectivity index (χ0v) is 9.11. The summed E-state index contributed by atoms with van der Waals surface area (Å²) in [6, 6.07) is -1.81. The van der Waals surface area contributed by atoms with Gasteiger partial charge in [-0.2, -0.15) is 0 Å². The predicted molar refractivity (Wildman–Crippen MR) is 66.4 cm³/mol. The molecule has 1 unspecified atom stereocenters. The molecule has 1 atom stereocenters. The van der Waals surface area contributed by atoms with E-state index in [-0.39, 0.29) is 15.9 Å². The number of nitrogens with two attached hydrogens (primary N) is 1. The van der Waals surface area contributed by atoms with Gasteiger partial charge in [0.2, 0.25) is 0 Å². The molecular weight excluding hydrogens is 224 g/mol. The van der Waals surface area contributed by atoms with Gasteiger partial charge in [0, 0.05) is 14.5 Å². The molecule has 0 aliphatic heterocycles. The minimum absolute atomic E-state index is 0.168. The first kappa shape index (κ1) is 5.34. The Hall–Kier alpha value is -1.32. The molecule has 0 saturated carbocycles. The van der Waals surface area contributed by atoms with Gasteiger partial charge >= 0.3 is 0 Å². The van der Waals surface area contributed by atoms with Crippen LogP contribution in [-0.4, -0.2) is 10.1 Å². The number of hydrogen-bond donors (Lipinski definition) is 2. The lowest BCUT2D eigenvalue weighted by Crippen LogP contribution is -2.19. The molecule has 0 radical (unpaired) electrons. The SMILES string of the molecule is [2H]c1c(Cl)c([2H])c2c([2H])c(N)c(C(C)(O)C([2H])([2H])[2H])nc2c1[2H]. The molecule has 0 amide bonds. The van der Waals surface area contributed by atoms with Gasteiger partial charge < -0.3 is 10.8 Å². The highest BCUT2D eigenvalue weighted by Gasteiger charge is 2.21. The van der Waals surface area contributed by atoms with E-state index in [4.69, 9.17) is 26.9 Å². The number of nitrogen functional groups attached to an aromatic ring is 1. The van der Waals surface area contributed by atoms with Gasteiger partial charge in [-0.1, -0.05) is 11.6 Å². The molecule has 84 valence electrons. The third-order valence-corrected chi connectivity index (χ3v) is 2.15. The second kappa shape index (κ2) is 3.61. The summed E-state index contributed by atoms with van der Waals surface area (Å²) in [6.07, 6.45) is 0. The third kappa shape index (κ3) is 1.96. The molecule has 0 fully saturated rings. The van der Waals surface area contributed by atoms with E-state index < -0.39 is 48.0 Å². The van der Waals surface area contributed by atoms with Crippen molar-refractivity contribution in [3.8, 4) is 0 Å². The topological polar surface area (TPSA) is 59.1 Å². The lowest BCUT2D eigenvalue weighted by atomic mass is 10.0. The Bertz CT molecular complexity index is 820. The van der Waals surface area contributed by atoms with Crippen molar-refractivity contribution >= 4 is 28.2 Å². The van der Waals surface area contributed by atoms with Crippen molar-refractivity contribution in [2.45, 2.75) is 19.4 Å².